The van der Waals surface area contributed by atoms with Gasteiger partial charge < -0.3 is 13.8 Å². The van der Waals surface area contributed by atoms with Crippen LogP contribution >= 0.6 is 11.8 Å². The van der Waals surface area contributed by atoms with Gasteiger partial charge in [0.15, 0.2) is 11.0 Å². The Hall–Kier alpha value is -1.86. The SMILES string of the molecule is CCc1nc(CSc2nc3ccccc3n2CCOC)no1. The number of benzene rings is 1. The van der Waals surface area contributed by atoms with Crippen LogP contribution in [0.4, 0.5) is 0 Å². The van der Waals surface area contributed by atoms with Crippen molar-refractivity contribution in [1.82, 2.24) is 19.7 Å². The predicted octanol–water partition coefficient (Wildman–Crippen LogP) is 2.92. The van der Waals surface area contributed by atoms with Gasteiger partial charge >= 0.3 is 0 Å². The predicted molar refractivity (Wildman–Crippen MR) is 84.8 cm³/mol. The smallest absolute Gasteiger partial charge is 0.226 e. The highest BCUT2D eigenvalue weighted by atomic mass is 32.2. The van der Waals surface area contributed by atoms with Crippen LogP contribution in [0, 0.1) is 0 Å². The fourth-order valence-electron chi connectivity index (χ4n) is 2.18. The fourth-order valence-corrected chi connectivity index (χ4v) is 3.07. The van der Waals surface area contributed by atoms with Gasteiger partial charge in [-0.3, -0.25) is 0 Å². The zero-order valence-electron chi connectivity index (χ0n) is 12.7. The zero-order chi connectivity index (χ0) is 15.4. The molecule has 0 spiro atoms. The highest BCUT2D eigenvalue weighted by Crippen LogP contribution is 2.26. The second-order valence-electron chi connectivity index (χ2n) is 4.77. The summed E-state index contributed by atoms with van der Waals surface area (Å²) in [5.41, 5.74) is 2.10. The second-order valence-corrected chi connectivity index (χ2v) is 5.72. The van der Waals surface area contributed by atoms with Gasteiger partial charge in [-0.05, 0) is 12.1 Å². The number of methoxy groups -OCH3 is 1. The molecule has 6 nitrogen and oxygen atoms in total. The summed E-state index contributed by atoms with van der Waals surface area (Å²) < 4.78 is 12.5. The summed E-state index contributed by atoms with van der Waals surface area (Å²) in [4.78, 5) is 9.02. The maximum Gasteiger partial charge on any atom is 0.226 e. The molecule has 3 aromatic rings. The molecule has 2 aromatic heterocycles. The molecule has 0 aliphatic carbocycles. The Morgan fingerprint density at radius 1 is 1.27 bits per heavy atom. The van der Waals surface area contributed by atoms with E-state index in [0.717, 1.165) is 29.2 Å². The van der Waals surface area contributed by atoms with Crippen LogP contribution in [0.3, 0.4) is 0 Å². The van der Waals surface area contributed by atoms with Crippen LogP contribution in [-0.4, -0.2) is 33.4 Å². The van der Waals surface area contributed by atoms with E-state index < -0.39 is 0 Å². The number of fused-ring (bicyclic) bond motifs is 1. The van der Waals surface area contributed by atoms with Crippen molar-refractivity contribution < 1.29 is 9.26 Å². The van der Waals surface area contributed by atoms with Gasteiger partial charge in [0.25, 0.3) is 0 Å². The highest BCUT2D eigenvalue weighted by molar-refractivity contribution is 7.98. The van der Waals surface area contributed by atoms with E-state index in [2.05, 4.69) is 20.8 Å². The molecule has 0 atom stereocenters. The number of hydrogen-bond donors (Lipinski definition) is 0. The molecule has 0 unspecified atom stereocenters. The van der Waals surface area contributed by atoms with Crippen molar-refractivity contribution in [2.45, 2.75) is 30.8 Å². The number of ether oxygens (including phenoxy) is 1. The zero-order valence-corrected chi connectivity index (χ0v) is 13.5. The molecule has 0 amide bonds. The van der Waals surface area contributed by atoms with E-state index in [-0.39, 0.29) is 0 Å². The average Bonchev–Trinajstić information content (AvgIpc) is 3.15. The van der Waals surface area contributed by atoms with Gasteiger partial charge in [0.1, 0.15) is 0 Å². The summed E-state index contributed by atoms with van der Waals surface area (Å²) in [5.74, 6) is 2.01. The molecule has 0 saturated carbocycles. The molecule has 0 bridgehead atoms. The standard InChI is InChI=1S/C15H18N4O2S/c1-3-14-17-13(18-21-14)10-22-15-16-11-6-4-5-7-12(11)19(15)8-9-20-2/h4-7H,3,8-10H2,1-2H3. The van der Waals surface area contributed by atoms with Crippen molar-refractivity contribution in [1.29, 1.82) is 0 Å². The lowest BCUT2D eigenvalue weighted by Gasteiger charge is -2.07. The van der Waals surface area contributed by atoms with Gasteiger partial charge in [-0.1, -0.05) is 36.0 Å². The maximum absolute atomic E-state index is 5.20. The summed E-state index contributed by atoms with van der Waals surface area (Å²) in [6, 6.07) is 8.11. The summed E-state index contributed by atoms with van der Waals surface area (Å²) in [5, 5.41) is 4.92. The third-order valence-electron chi connectivity index (χ3n) is 3.28. The Balaban J connectivity index is 1.82. The van der Waals surface area contributed by atoms with E-state index in [1.807, 2.05) is 25.1 Å². The van der Waals surface area contributed by atoms with Crippen LogP contribution in [0.5, 0.6) is 0 Å². The number of nitrogens with zero attached hydrogens (tertiary/aromatic N) is 4. The van der Waals surface area contributed by atoms with E-state index in [0.29, 0.717) is 24.1 Å². The second kappa shape index (κ2) is 6.93. The minimum atomic E-state index is 0.639. The lowest BCUT2D eigenvalue weighted by atomic mass is 10.3. The van der Waals surface area contributed by atoms with Crippen molar-refractivity contribution in [3.63, 3.8) is 0 Å². The number of para-hydroxylation sites is 2. The molecular weight excluding hydrogens is 300 g/mol. The topological polar surface area (TPSA) is 66.0 Å². The molecular formula is C15H18N4O2S. The number of thioether (sulfide) groups is 1. The number of rotatable bonds is 7. The van der Waals surface area contributed by atoms with Crippen LogP contribution in [0.2, 0.25) is 0 Å². The molecule has 0 saturated heterocycles. The summed E-state index contributed by atoms with van der Waals surface area (Å²) in [6.07, 6.45) is 0.754. The normalized spacial score (nSPS) is 11.4. The first-order valence-corrected chi connectivity index (χ1v) is 8.19. The molecule has 0 aliphatic heterocycles. The van der Waals surface area contributed by atoms with Crippen LogP contribution in [-0.2, 0) is 23.5 Å². The van der Waals surface area contributed by atoms with Gasteiger partial charge in [0.05, 0.1) is 23.4 Å². The fraction of sp³-hybridized carbons (Fsp3) is 0.400. The molecule has 0 fully saturated rings. The molecule has 116 valence electrons. The summed E-state index contributed by atoms with van der Waals surface area (Å²) in [7, 11) is 1.71. The van der Waals surface area contributed by atoms with Crippen LogP contribution < -0.4 is 0 Å². The Bertz CT molecular complexity index is 753. The number of imidazole rings is 1. The summed E-state index contributed by atoms with van der Waals surface area (Å²) >= 11 is 1.61. The number of aryl methyl sites for hydroxylation is 1. The minimum absolute atomic E-state index is 0.639. The monoisotopic (exact) mass is 318 g/mol. The molecule has 22 heavy (non-hydrogen) atoms. The molecule has 0 N–H and O–H groups in total. The Kier molecular flexibility index (Phi) is 4.74. The number of aromatic nitrogens is 4. The van der Waals surface area contributed by atoms with Gasteiger partial charge in [-0.2, -0.15) is 4.98 Å². The van der Waals surface area contributed by atoms with Gasteiger partial charge in [-0.25, -0.2) is 4.98 Å². The molecule has 1 aromatic carbocycles. The van der Waals surface area contributed by atoms with E-state index >= 15 is 0 Å². The Labute approximate surface area is 132 Å². The largest absolute Gasteiger partial charge is 0.383 e. The highest BCUT2D eigenvalue weighted by Gasteiger charge is 2.12. The van der Waals surface area contributed by atoms with Crippen molar-refractivity contribution >= 4 is 22.8 Å². The first-order valence-electron chi connectivity index (χ1n) is 7.20. The molecule has 0 radical (unpaired) electrons. The van der Waals surface area contributed by atoms with E-state index in [1.165, 1.54) is 0 Å². The molecule has 0 aliphatic rings. The van der Waals surface area contributed by atoms with Gasteiger partial charge in [-0.15, -0.1) is 0 Å². The van der Waals surface area contributed by atoms with E-state index in [1.54, 1.807) is 18.9 Å². The Morgan fingerprint density at radius 2 is 2.14 bits per heavy atom. The van der Waals surface area contributed by atoms with Crippen molar-refractivity contribution in [3.8, 4) is 0 Å². The Morgan fingerprint density at radius 3 is 2.91 bits per heavy atom. The van der Waals surface area contributed by atoms with E-state index in [4.69, 9.17) is 14.2 Å². The quantitative estimate of drug-likeness (QED) is 0.624. The van der Waals surface area contributed by atoms with Crippen LogP contribution in [0.25, 0.3) is 11.0 Å². The van der Waals surface area contributed by atoms with Crippen LogP contribution in [0.15, 0.2) is 33.9 Å². The first-order chi connectivity index (χ1) is 10.8. The van der Waals surface area contributed by atoms with Gasteiger partial charge in [0, 0.05) is 20.1 Å². The van der Waals surface area contributed by atoms with Crippen molar-refractivity contribution in [3.05, 3.63) is 36.0 Å². The molecule has 3 rings (SSSR count). The van der Waals surface area contributed by atoms with Crippen LogP contribution in [0.1, 0.15) is 18.6 Å². The summed E-state index contributed by atoms with van der Waals surface area (Å²) in [6.45, 7) is 3.41. The lowest BCUT2D eigenvalue weighted by molar-refractivity contribution is 0.186. The lowest BCUT2D eigenvalue weighted by Crippen LogP contribution is -2.05. The molecule has 7 heteroatoms. The number of hydrogen-bond acceptors (Lipinski definition) is 6. The third-order valence-corrected chi connectivity index (χ3v) is 4.25. The minimum Gasteiger partial charge on any atom is -0.383 e. The third kappa shape index (κ3) is 3.15. The maximum atomic E-state index is 5.20. The van der Waals surface area contributed by atoms with Gasteiger partial charge in [0.2, 0.25) is 5.89 Å². The van der Waals surface area contributed by atoms with Crippen molar-refractivity contribution in [2.24, 2.45) is 0 Å². The van der Waals surface area contributed by atoms with Crippen molar-refractivity contribution in [2.75, 3.05) is 13.7 Å². The van der Waals surface area contributed by atoms with E-state index in [9.17, 15) is 0 Å². The molecule has 2 heterocycles. The first kappa shape index (κ1) is 15.1. The average molecular weight is 318 g/mol.